The second-order valence-corrected chi connectivity index (χ2v) is 5.73. The highest BCUT2D eigenvalue weighted by Gasteiger charge is 2.44. The fourth-order valence-corrected chi connectivity index (χ4v) is 3.28. The summed E-state index contributed by atoms with van der Waals surface area (Å²) in [5, 5.41) is 0. The lowest BCUT2D eigenvalue weighted by atomic mass is 9.58. The number of aldehydes is 1. The zero-order chi connectivity index (χ0) is 12.6. The van der Waals surface area contributed by atoms with Gasteiger partial charge in [0, 0.05) is 0 Å². The molecule has 0 aromatic rings. The Morgan fingerprint density at radius 3 is 2.94 bits per heavy atom. The van der Waals surface area contributed by atoms with Crippen molar-refractivity contribution < 1.29 is 9.59 Å². The standard InChI is InChI=1S/C15H20O2/c1-10(9-16)13-8-15(3)11(2)5-4-6-12(15)7-14(13)17/h7,9,11,13H,1,4-6,8H2,2-3H3/t11-,13-,15+/m0/s1. The van der Waals surface area contributed by atoms with Crippen LogP contribution >= 0.6 is 0 Å². The largest absolute Gasteiger partial charge is 0.298 e. The van der Waals surface area contributed by atoms with Gasteiger partial charge >= 0.3 is 0 Å². The first kappa shape index (κ1) is 12.3. The lowest BCUT2D eigenvalue weighted by molar-refractivity contribution is -0.120. The average Bonchev–Trinajstić information content (AvgIpc) is 2.31. The maximum absolute atomic E-state index is 12.0. The highest BCUT2D eigenvalue weighted by molar-refractivity contribution is 5.99. The molecule has 2 rings (SSSR count). The van der Waals surface area contributed by atoms with Crippen molar-refractivity contribution in [2.75, 3.05) is 0 Å². The number of rotatable bonds is 2. The number of carbonyl (C=O) groups is 2. The number of allylic oxidation sites excluding steroid dienone is 3. The first-order valence-electron chi connectivity index (χ1n) is 6.38. The third-order valence-electron chi connectivity index (χ3n) is 4.79. The van der Waals surface area contributed by atoms with Crippen LogP contribution < -0.4 is 0 Å². The Bertz CT molecular complexity index is 405. The van der Waals surface area contributed by atoms with Crippen LogP contribution in [0, 0.1) is 17.3 Å². The monoisotopic (exact) mass is 232 g/mol. The Kier molecular flexibility index (Phi) is 3.07. The lowest BCUT2D eigenvalue weighted by Crippen LogP contribution is -2.39. The normalized spacial score (nSPS) is 37.1. The van der Waals surface area contributed by atoms with Crippen molar-refractivity contribution in [3.05, 3.63) is 23.8 Å². The second kappa shape index (κ2) is 4.25. The summed E-state index contributed by atoms with van der Waals surface area (Å²) < 4.78 is 0. The third kappa shape index (κ3) is 1.90. The van der Waals surface area contributed by atoms with E-state index in [9.17, 15) is 9.59 Å². The van der Waals surface area contributed by atoms with Crippen molar-refractivity contribution in [3.63, 3.8) is 0 Å². The fraction of sp³-hybridized carbons (Fsp3) is 0.600. The van der Waals surface area contributed by atoms with Gasteiger partial charge < -0.3 is 0 Å². The molecule has 0 unspecified atom stereocenters. The van der Waals surface area contributed by atoms with E-state index in [1.54, 1.807) is 6.08 Å². The Morgan fingerprint density at radius 2 is 2.29 bits per heavy atom. The molecule has 0 radical (unpaired) electrons. The van der Waals surface area contributed by atoms with Gasteiger partial charge in [0.05, 0.1) is 5.92 Å². The molecule has 0 saturated heterocycles. The zero-order valence-corrected chi connectivity index (χ0v) is 10.7. The first-order chi connectivity index (χ1) is 7.99. The summed E-state index contributed by atoms with van der Waals surface area (Å²) >= 11 is 0. The van der Waals surface area contributed by atoms with Crippen LogP contribution in [0.5, 0.6) is 0 Å². The fourth-order valence-electron chi connectivity index (χ4n) is 3.28. The molecular formula is C15H20O2. The van der Waals surface area contributed by atoms with E-state index in [0.29, 0.717) is 11.5 Å². The van der Waals surface area contributed by atoms with Gasteiger partial charge in [0.25, 0.3) is 0 Å². The molecule has 0 amide bonds. The zero-order valence-electron chi connectivity index (χ0n) is 10.7. The van der Waals surface area contributed by atoms with Crippen molar-refractivity contribution >= 4 is 12.1 Å². The van der Waals surface area contributed by atoms with Crippen molar-refractivity contribution in [1.29, 1.82) is 0 Å². The van der Waals surface area contributed by atoms with Gasteiger partial charge in [-0.15, -0.1) is 0 Å². The van der Waals surface area contributed by atoms with E-state index in [0.717, 1.165) is 19.1 Å². The van der Waals surface area contributed by atoms with Gasteiger partial charge in [0.1, 0.15) is 6.29 Å². The minimum absolute atomic E-state index is 0.0728. The van der Waals surface area contributed by atoms with Crippen molar-refractivity contribution in [3.8, 4) is 0 Å². The molecule has 0 aliphatic heterocycles. The molecule has 0 spiro atoms. The number of fused-ring (bicyclic) bond motifs is 1. The molecular weight excluding hydrogens is 212 g/mol. The summed E-state index contributed by atoms with van der Waals surface area (Å²) in [4.78, 5) is 22.8. The van der Waals surface area contributed by atoms with E-state index in [4.69, 9.17) is 0 Å². The summed E-state index contributed by atoms with van der Waals surface area (Å²) in [6, 6.07) is 0. The molecule has 0 aromatic heterocycles. The molecule has 1 fully saturated rings. The number of carbonyl (C=O) groups excluding carboxylic acids is 2. The van der Waals surface area contributed by atoms with Gasteiger partial charge in [0.15, 0.2) is 5.78 Å². The third-order valence-corrected chi connectivity index (χ3v) is 4.79. The first-order valence-corrected chi connectivity index (χ1v) is 6.38. The van der Waals surface area contributed by atoms with Crippen molar-refractivity contribution in [2.45, 2.75) is 39.5 Å². The molecule has 2 nitrogen and oxygen atoms in total. The van der Waals surface area contributed by atoms with E-state index >= 15 is 0 Å². The number of hydrogen-bond acceptors (Lipinski definition) is 2. The quantitative estimate of drug-likeness (QED) is 0.541. The second-order valence-electron chi connectivity index (χ2n) is 5.73. The van der Waals surface area contributed by atoms with E-state index in [-0.39, 0.29) is 17.1 Å². The predicted octanol–water partition coefficient (Wildman–Crippen LogP) is 3.08. The van der Waals surface area contributed by atoms with Crippen LogP contribution in [0.2, 0.25) is 0 Å². The van der Waals surface area contributed by atoms with Gasteiger partial charge in [-0.3, -0.25) is 9.59 Å². The van der Waals surface area contributed by atoms with Crippen molar-refractivity contribution in [1.82, 2.24) is 0 Å². The van der Waals surface area contributed by atoms with Crippen LogP contribution in [0.4, 0.5) is 0 Å². The minimum Gasteiger partial charge on any atom is -0.298 e. The van der Waals surface area contributed by atoms with E-state index in [1.807, 2.05) is 0 Å². The molecule has 0 N–H and O–H groups in total. The number of ketones is 1. The lowest BCUT2D eigenvalue weighted by Gasteiger charge is -2.46. The minimum atomic E-state index is -0.290. The molecule has 0 aromatic carbocycles. The van der Waals surface area contributed by atoms with Gasteiger partial charge in [0.2, 0.25) is 0 Å². The predicted molar refractivity (Wildman–Crippen MR) is 67.5 cm³/mol. The van der Waals surface area contributed by atoms with E-state index < -0.39 is 0 Å². The van der Waals surface area contributed by atoms with Gasteiger partial charge in [-0.2, -0.15) is 0 Å². The summed E-state index contributed by atoms with van der Waals surface area (Å²) in [7, 11) is 0. The molecule has 92 valence electrons. The molecule has 2 aliphatic rings. The van der Waals surface area contributed by atoms with Gasteiger partial charge in [-0.05, 0) is 48.7 Å². The Labute approximate surface area is 103 Å². The molecule has 17 heavy (non-hydrogen) atoms. The number of hydrogen-bond donors (Lipinski definition) is 0. The summed E-state index contributed by atoms with van der Waals surface area (Å²) in [5.74, 6) is 0.364. The molecule has 2 heteroatoms. The van der Waals surface area contributed by atoms with Crippen LogP contribution in [0.15, 0.2) is 23.8 Å². The topological polar surface area (TPSA) is 34.1 Å². The Balaban J connectivity index is 2.37. The maximum atomic E-state index is 12.0. The average molecular weight is 232 g/mol. The van der Waals surface area contributed by atoms with E-state index in [1.165, 1.54) is 18.4 Å². The van der Waals surface area contributed by atoms with Gasteiger partial charge in [-0.25, -0.2) is 0 Å². The van der Waals surface area contributed by atoms with Crippen LogP contribution in [0.25, 0.3) is 0 Å². The molecule has 0 heterocycles. The molecule has 0 bridgehead atoms. The van der Waals surface area contributed by atoms with Crippen LogP contribution in [0.3, 0.4) is 0 Å². The molecule has 2 aliphatic carbocycles. The Hall–Kier alpha value is -1.18. The van der Waals surface area contributed by atoms with Gasteiger partial charge in [-0.1, -0.05) is 26.0 Å². The van der Waals surface area contributed by atoms with E-state index in [2.05, 4.69) is 20.4 Å². The SMILES string of the molecule is C=C(C=O)[C@@H]1C[C@@]2(C)C(=CC1=O)CCC[C@@H]2C. The molecule has 1 saturated carbocycles. The highest BCUT2D eigenvalue weighted by atomic mass is 16.1. The van der Waals surface area contributed by atoms with Crippen LogP contribution in [-0.4, -0.2) is 12.1 Å². The summed E-state index contributed by atoms with van der Waals surface area (Å²) in [6.07, 6.45) is 6.71. The smallest absolute Gasteiger partial charge is 0.163 e. The Morgan fingerprint density at radius 1 is 1.59 bits per heavy atom. The maximum Gasteiger partial charge on any atom is 0.163 e. The van der Waals surface area contributed by atoms with Crippen LogP contribution in [-0.2, 0) is 9.59 Å². The summed E-state index contributed by atoms with van der Waals surface area (Å²) in [5.41, 5.74) is 1.81. The molecule has 3 atom stereocenters. The summed E-state index contributed by atoms with van der Waals surface area (Å²) in [6.45, 7) is 8.21. The van der Waals surface area contributed by atoms with Crippen molar-refractivity contribution in [2.24, 2.45) is 17.3 Å². The highest BCUT2D eigenvalue weighted by Crippen LogP contribution is 2.51. The van der Waals surface area contributed by atoms with Crippen LogP contribution in [0.1, 0.15) is 39.5 Å².